The molecule has 2 heterocycles. The van der Waals surface area contributed by atoms with Crippen LogP contribution in [0.2, 0.25) is 0 Å². The number of nitrogens with one attached hydrogen (secondary N) is 1. The van der Waals surface area contributed by atoms with Crippen LogP contribution in [0.3, 0.4) is 0 Å². The minimum Gasteiger partial charge on any atom is -0.382 e. The summed E-state index contributed by atoms with van der Waals surface area (Å²) in [6, 6.07) is 4.01. The fourth-order valence-electron chi connectivity index (χ4n) is 1.85. The molecule has 2 rings (SSSR count). The molecular formula is C12H17N5. The Balaban J connectivity index is 2.54. The number of aromatic nitrogens is 3. The van der Waals surface area contributed by atoms with E-state index in [4.69, 9.17) is 5.73 Å². The third-order valence-electron chi connectivity index (χ3n) is 2.77. The van der Waals surface area contributed by atoms with E-state index in [0.29, 0.717) is 5.82 Å². The number of pyridine rings is 1. The Hall–Kier alpha value is -2.04. The molecule has 0 bridgehead atoms. The van der Waals surface area contributed by atoms with Gasteiger partial charge in [-0.05, 0) is 26.0 Å². The maximum atomic E-state index is 5.86. The van der Waals surface area contributed by atoms with Gasteiger partial charge in [0, 0.05) is 36.6 Å². The molecule has 0 amide bonds. The molecule has 5 nitrogen and oxygen atoms in total. The van der Waals surface area contributed by atoms with Crippen LogP contribution in [-0.4, -0.2) is 29.3 Å². The zero-order chi connectivity index (χ0) is 12.6. The lowest BCUT2D eigenvalue weighted by atomic mass is 10.0. The van der Waals surface area contributed by atoms with E-state index in [9.17, 15) is 0 Å². The van der Waals surface area contributed by atoms with E-state index >= 15 is 0 Å². The molecule has 0 atom stereocenters. The standard InChI is InChI=1S/C12H17N5/c1-7-9(5-6-10(14-7)17(3)4)11-8(2)15-16-12(11)13/h5-6H,1-4H3,(H3,13,15,16). The van der Waals surface area contributed by atoms with Gasteiger partial charge in [0.05, 0.1) is 0 Å². The predicted molar refractivity (Wildman–Crippen MR) is 70.0 cm³/mol. The van der Waals surface area contributed by atoms with Crippen LogP contribution < -0.4 is 10.6 Å². The Labute approximate surface area is 101 Å². The highest BCUT2D eigenvalue weighted by Gasteiger charge is 2.13. The van der Waals surface area contributed by atoms with Crippen molar-refractivity contribution in [2.45, 2.75) is 13.8 Å². The molecular weight excluding hydrogens is 214 g/mol. The first-order valence-corrected chi connectivity index (χ1v) is 5.46. The molecule has 0 spiro atoms. The van der Waals surface area contributed by atoms with Gasteiger partial charge in [0.25, 0.3) is 0 Å². The summed E-state index contributed by atoms with van der Waals surface area (Å²) in [7, 11) is 3.94. The first-order valence-electron chi connectivity index (χ1n) is 5.46. The molecule has 0 aliphatic carbocycles. The van der Waals surface area contributed by atoms with Crippen molar-refractivity contribution in [3.05, 3.63) is 23.5 Å². The summed E-state index contributed by atoms with van der Waals surface area (Å²) in [6.07, 6.45) is 0. The fourth-order valence-corrected chi connectivity index (χ4v) is 1.85. The molecule has 0 saturated carbocycles. The smallest absolute Gasteiger partial charge is 0.153 e. The minimum absolute atomic E-state index is 0.519. The Morgan fingerprint density at radius 2 is 1.94 bits per heavy atom. The molecule has 90 valence electrons. The molecule has 2 aromatic heterocycles. The molecule has 0 radical (unpaired) electrons. The SMILES string of the molecule is Cc1nc(N(C)C)ccc1-c1c(N)n[nH]c1C. The van der Waals surface area contributed by atoms with Crippen LogP contribution in [0.5, 0.6) is 0 Å². The monoisotopic (exact) mass is 231 g/mol. The van der Waals surface area contributed by atoms with Crippen molar-refractivity contribution in [2.75, 3.05) is 24.7 Å². The van der Waals surface area contributed by atoms with Crippen molar-refractivity contribution in [2.24, 2.45) is 0 Å². The summed E-state index contributed by atoms with van der Waals surface area (Å²) >= 11 is 0. The molecule has 0 fully saturated rings. The van der Waals surface area contributed by atoms with Gasteiger partial charge in [0.2, 0.25) is 0 Å². The molecule has 0 aliphatic rings. The summed E-state index contributed by atoms with van der Waals surface area (Å²) in [5.41, 5.74) is 9.75. The van der Waals surface area contributed by atoms with Crippen LogP contribution in [0.4, 0.5) is 11.6 Å². The van der Waals surface area contributed by atoms with Crippen molar-refractivity contribution in [1.82, 2.24) is 15.2 Å². The lowest BCUT2D eigenvalue weighted by molar-refractivity contribution is 1.04. The summed E-state index contributed by atoms with van der Waals surface area (Å²) in [5.74, 6) is 1.45. The lowest BCUT2D eigenvalue weighted by Gasteiger charge is -2.13. The normalized spacial score (nSPS) is 10.6. The minimum atomic E-state index is 0.519. The highest BCUT2D eigenvalue weighted by molar-refractivity contribution is 5.78. The van der Waals surface area contributed by atoms with Gasteiger partial charge in [-0.15, -0.1) is 0 Å². The summed E-state index contributed by atoms with van der Waals surface area (Å²) in [4.78, 5) is 6.51. The molecule has 2 aromatic rings. The van der Waals surface area contributed by atoms with E-state index < -0.39 is 0 Å². The van der Waals surface area contributed by atoms with Crippen LogP contribution in [0, 0.1) is 13.8 Å². The number of rotatable bonds is 2. The fraction of sp³-hybridized carbons (Fsp3) is 0.333. The third-order valence-corrected chi connectivity index (χ3v) is 2.77. The molecule has 3 N–H and O–H groups in total. The van der Waals surface area contributed by atoms with Crippen LogP contribution in [-0.2, 0) is 0 Å². The van der Waals surface area contributed by atoms with Gasteiger partial charge >= 0.3 is 0 Å². The Morgan fingerprint density at radius 1 is 1.24 bits per heavy atom. The Kier molecular flexibility index (Phi) is 2.75. The Bertz CT molecular complexity index is 522. The van der Waals surface area contributed by atoms with E-state index in [-0.39, 0.29) is 0 Å². The summed E-state index contributed by atoms with van der Waals surface area (Å²) < 4.78 is 0. The predicted octanol–water partition coefficient (Wildman–Crippen LogP) is 1.74. The topological polar surface area (TPSA) is 70.8 Å². The van der Waals surface area contributed by atoms with Crippen LogP contribution in [0.1, 0.15) is 11.4 Å². The number of nitrogens with zero attached hydrogens (tertiary/aromatic N) is 3. The second-order valence-corrected chi connectivity index (χ2v) is 4.31. The van der Waals surface area contributed by atoms with Gasteiger partial charge in [-0.25, -0.2) is 4.98 Å². The van der Waals surface area contributed by atoms with Gasteiger partial charge in [-0.3, -0.25) is 5.10 Å². The number of nitrogens with two attached hydrogens (primary N) is 1. The van der Waals surface area contributed by atoms with Crippen molar-refractivity contribution < 1.29 is 0 Å². The highest BCUT2D eigenvalue weighted by Crippen LogP contribution is 2.30. The summed E-state index contributed by atoms with van der Waals surface area (Å²) in [6.45, 7) is 3.94. The van der Waals surface area contributed by atoms with Gasteiger partial charge in [0.15, 0.2) is 5.82 Å². The van der Waals surface area contributed by atoms with E-state index in [2.05, 4.69) is 15.2 Å². The maximum absolute atomic E-state index is 5.86. The average molecular weight is 231 g/mol. The van der Waals surface area contributed by atoms with Crippen LogP contribution >= 0.6 is 0 Å². The Morgan fingerprint density at radius 3 is 2.41 bits per heavy atom. The number of hydrogen-bond acceptors (Lipinski definition) is 4. The maximum Gasteiger partial charge on any atom is 0.153 e. The molecule has 0 aliphatic heterocycles. The molecule has 0 aromatic carbocycles. The van der Waals surface area contributed by atoms with E-state index in [1.807, 2.05) is 45.0 Å². The van der Waals surface area contributed by atoms with E-state index in [1.54, 1.807) is 0 Å². The van der Waals surface area contributed by atoms with Crippen molar-refractivity contribution in [3.8, 4) is 11.1 Å². The van der Waals surface area contributed by atoms with Gasteiger partial charge in [0.1, 0.15) is 5.82 Å². The highest BCUT2D eigenvalue weighted by atomic mass is 15.2. The number of H-pyrrole nitrogens is 1. The zero-order valence-corrected chi connectivity index (χ0v) is 10.6. The largest absolute Gasteiger partial charge is 0.382 e. The van der Waals surface area contributed by atoms with Gasteiger partial charge < -0.3 is 10.6 Å². The first-order chi connectivity index (χ1) is 8.00. The third kappa shape index (κ3) is 1.95. The zero-order valence-electron chi connectivity index (χ0n) is 10.6. The van der Waals surface area contributed by atoms with Gasteiger partial charge in [-0.1, -0.05) is 0 Å². The summed E-state index contributed by atoms with van der Waals surface area (Å²) in [5, 5.41) is 6.89. The second-order valence-electron chi connectivity index (χ2n) is 4.31. The molecule has 0 unspecified atom stereocenters. The molecule has 5 heteroatoms. The van der Waals surface area contributed by atoms with Crippen LogP contribution in [0.25, 0.3) is 11.1 Å². The number of nitrogen functional groups attached to an aromatic ring is 1. The van der Waals surface area contributed by atoms with E-state index in [0.717, 1.165) is 28.3 Å². The quantitative estimate of drug-likeness (QED) is 0.825. The molecule has 0 saturated heterocycles. The average Bonchev–Trinajstić information content (AvgIpc) is 2.59. The first kappa shape index (κ1) is 11.4. The molecule has 17 heavy (non-hydrogen) atoms. The van der Waals surface area contributed by atoms with Gasteiger partial charge in [-0.2, -0.15) is 5.10 Å². The van der Waals surface area contributed by atoms with Crippen molar-refractivity contribution >= 4 is 11.6 Å². The number of aromatic amines is 1. The van der Waals surface area contributed by atoms with Crippen molar-refractivity contribution in [3.63, 3.8) is 0 Å². The van der Waals surface area contributed by atoms with Crippen molar-refractivity contribution in [1.29, 1.82) is 0 Å². The van der Waals surface area contributed by atoms with E-state index in [1.165, 1.54) is 0 Å². The second kappa shape index (κ2) is 4.08. The number of hydrogen-bond donors (Lipinski definition) is 2. The number of aryl methyl sites for hydroxylation is 2. The lowest BCUT2D eigenvalue weighted by Crippen LogP contribution is -2.11. The van der Waals surface area contributed by atoms with Crippen LogP contribution in [0.15, 0.2) is 12.1 Å². The number of anilines is 2.